The fourth-order valence-corrected chi connectivity index (χ4v) is 10.5. The maximum atomic E-state index is 15.5. The van der Waals surface area contributed by atoms with Gasteiger partial charge in [0.05, 0.1) is 11.0 Å². The summed E-state index contributed by atoms with van der Waals surface area (Å²) in [4.78, 5) is 6.78. The third kappa shape index (κ3) is 5.48. The SMILES string of the molecule is [O-][S+]1c2ccccc2-c2ccccc2-c2ccccc2-c2ccc(-c3ccc4c(c3)nc(-c3ccccc3)n4-c3ccccc3)cc2-c2cc3oc4ccccc4c3cc21. The second-order valence-corrected chi connectivity index (χ2v) is 16.7. The Kier molecular flexibility index (Phi) is 7.98. The molecule has 0 spiro atoms. The molecule has 9 aromatic carbocycles. The van der Waals surface area contributed by atoms with Gasteiger partial charge in [0.15, 0.2) is 9.79 Å². The summed E-state index contributed by atoms with van der Waals surface area (Å²) in [5, 5.41) is 1.94. The summed E-state index contributed by atoms with van der Waals surface area (Å²) in [6.45, 7) is 0. The van der Waals surface area contributed by atoms with E-state index in [4.69, 9.17) is 9.40 Å². The van der Waals surface area contributed by atoms with Gasteiger partial charge >= 0.3 is 0 Å². The number of para-hydroxylation sites is 2. The van der Waals surface area contributed by atoms with Crippen molar-refractivity contribution in [3.05, 3.63) is 206 Å². The zero-order valence-electron chi connectivity index (χ0n) is 32.2. The van der Waals surface area contributed by atoms with E-state index >= 15 is 4.55 Å². The predicted molar refractivity (Wildman–Crippen MR) is 246 cm³/mol. The number of nitrogens with zero attached hydrogens (tertiary/aromatic N) is 2. The molecule has 12 rings (SSSR count). The maximum Gasteiger partial charge on any atom is 0.167 e. The lowest BCUT2D eigenvalue weighted by Crippen LogP contribution is -2.06. The van der Waals surface area contributed by atoms with Crippen LogP contribution in [0.25, 0.3) is 106 Å². The van der Waals surface area contributed by atoms with E-state index in [1.807, 2.05) is 48.5 Å². The number of hydrogen-bond donors (Lipinski definition) is 0. The van der Waals surface area contributed by atoms with E-state index in [2.05, 4.69) is 162 Å². The number of furan rings is 1. The first kappa shape index (κ1) is 34.6. The molecule has 0 amide bonds. The highest BCUT2D eigenvalue weighted by molar-refractivity contribution is 7.91. The van der Waals surface area contributed by atoms with Crippen LogP contribution >= 0.6 is 0 Å². The Hall–Kier alpha value is -7.44. The molecule has 3 heterocycles. The molecule has 1 unspecified atom stereocenters. The molecule has 0 N–H and O–H groups in total. The van der Waals surface area contributed by atoms with Crippen LogP contribution in [0.15, 0.2) is 220 Å². The average Bonchev–Trinajstić information content (AvgIpc) is 3.89. The van der Waals surface area contributed by atoms with Gasteiger partial charge < -0.3 is 8.97 Å². The van der Waals surface area contributed by atoms with E-state index in [0.29, 0.717) is 0 Å². The summed E-state index contributed by atoms with van der Waals surface area (Å²) in [6.07, 6.45) is 0. The molecule has 0 radical (unpaired) electrons. The molecule has 1 atom stereocenters. The highest BCUT2D eigenvalue weighted by Crippen LogP contribution is 2.49. The van der Waals surface area contributed by atoms with Crippen LogP contribution in [-0.4, -0.2) is 14.1 Å². The molecule has 1 aliphatic heterocycles. The number of fused-ring (bicyclic) bond motifs is 13. The Balaban J connectivity index is 1.14. The zero-order chi connectivity index (χ0) is 39.7. The van der Waals surface area contributed by atoms with Crippen molar-refractivity contribution in [3.63, 3.8) is 0 Å². The largest absolute Gasteiger partial charge is 0.606 e. The van der Waals surface area contributed by atoms with Crippen LogP contribution < -0.4 is 0 Å². The van der Waals surface area contributed by atoms with E-state index in [1.165, 1.54) is 0 Å². The lowest BCUT2D eigenvalue weighted by molar-refractivity contribution is 0.595. The predicted octanol–water partition coefficient (Wildman–Crippen LogP) is 14.4. The summed E-state index contributed by atoms with van der Waals surface area (Å²) in [5.41, 5.74) is 15.8. The zero-order valence-corrected chi connectivity index (χ0v) is 33.1. The third-order valence-corrected chi connectivity index (χ3v) is 13.3. The fraction of sp³-hybridized carbons (Fsp3) is 0. The van der Waals surface area contributed by atoms with Gasteiger partial charge in [-0.1, -0.05) is 146 Å². The van der Waals surface area contributed by atoms with E-state index < -0.39 is 11.2 Å². The Morgan fingerprint density at radius 1 is 0.400 bits per heavy atom. The third-order valence-electron chi connectivity index (χ3n) is 11.8. The van der Waals surface area contributed by atoms with Crippen LogP contribution in [0.5, 0.6) is 0 Å². The molecule has 60 heavy (non-hydrogen) atoms. The fourth-order valence-electron chi connectivity index (χ4n) is 9.05. The standard InChI is InChI=1S/C55H34N2O2S/c58-60-53-26-14-12-24-45(53)42-22-10-9-20-40(42)39-19-7-8-21-41(39)43-29-27-36(31-46(43)48-33-52-47(34-54(48)60)44-23-11-13-25-51(44)59-52)37-28-30-50-49(32-37)56-55(35-15-3-1-4-16-35)57(50)38-17-5-2-6-18-38/h1-34H. The first-order chi connectivity index (χ1) is 29.7. The number of benzene rings is 9. The Labute approximate surface area is 349 Å². The molecule has 0 saturated heterocycles. The second-order valence-electron chi connectivity index (χ2n) is 15.2. The summed E-state index contributed by atoms with van der Waals surface area (Å²) in [7, 11) is 0. The minimum Gasteiger partial charge on any atom is -0.606 e. The van der Waals surface area contributed by atoms with Crippen LogP contribution in [0.2, 0.25) is 0 Å². The molecule has 5 heteroatoms. The minimum absolute atomic E-state index is 0.737. The van der Waals surface area contributed by atoms with Crippen molar-refractivity contribution >= 4 is 44.1 Å². The molecule has 1 aliphatic rings. The number of hydrogen-bond acceptors (Lipinski definition) is 3. The van der Waals surface area contributed by atoms with Crippen molar-refractivity contribution in [2.45, 2.75) is 9.79 Å². The van der Waals surface area contributed by atoms with Crippen molar-refractivity contribution in [3.8, 4) is 72.7 Å². The molecular weight excluding hydrogens is 753 g/mol. The Morgan fingerprint density at radius 3 is 1.73 bits per heavy atom. The molecular formula is C55H34N2O2S. The van der Waals surface area contributed by atoms with Gasteiger partial charge in [-0.2, -0.15) is 0 Å². The van der Waals surface area contributed by atoms with Crippen molar-refractivity contribution in [1.82, 2.24) is 9.55 Å². The van der Waals surface area contributed by atoms with Crippen LogP contribution in [0.1, 0.15) is 0 Å². The van der Waals surface area contributed by atoms with E-state index in [1.54, 1.807) is 0 Å². The molecule has 11 aromatic rings. The smallest absolute Gasteiger partial charge is 0.167 e. The van der Waals surface area contributed by atoms with Crippen LogP contribution in [0, 0.1) is 0 Å². The highest BCUT2D eigenvalue weighted by Gasteiger charge is 2.30. The summed E-state index contributed by atoms with van der Waals surface area (Å²) in [5.74, 6) is 0.888. The first-order valence-corrected chi connectivity index (χ1v) is 21.3. The van der Waals surface area contributed by atoms with E-state index in [0.717, 1.165) is 115 Å². The monoisotopic (exact) mass is 786 g/mol. The van der Waals surface area contributed by atoms with Crippen LogP contribution in [0.3, 0.4) is 0 Å². The molecule has 0 saturated carbocycles. The van der Waals surface area contributed by atoms with Gasteiger partial charge in [-0.15, -0.1) is 0 Å². The van der Waals surface area contributed by atoms with Crippen molar-refractivity contribution in [2.75, 3.05) is 0 Å². The second kappa shape index (κ2) is 13.8. The molecule has 0 fully saturated rings. The topological polar surface area (TPSA) is 54.0 Å². The summed E-state index contributed by atoms with van der Waals surface area (Å²) >= 11 is -1.57. The quantitative estimate of drug-likeness (QED) is 0.168. The van der Waals surface area contributed by atoms with E-state index in [-0.39, 0.29) is 0 Å². The summed E-state index contributed by atoms with van der Waals surface area (Å²) < 4.78 is 24.3. The van der Waals surface area contributed by atoms with Crippen LogP contribution in [0.4, 0.5) is 0 Å². The summed E-state index contributed by atoms with van der Waals surface area (Å²) in [6, 6.07) is 71.6. The van der Waals surface area contributed by atoms with Crippen molar-refractivity contribution < 1.29 is 8.97 Å². The van der Waals surface area contributed by atoms with Crippen molar-refractivity contribution in [2.24, 2.45) is 0 Å². The molecule has 282 valence electrons. The van der Waals surface area contributed by atoms with Gasteiger partial charge in [0, 0.05) is 50.4 Å². The van der Waals surface area contributed by atoms with Gasteiger partial charge in [-0.25, -0.2) is 4.98 Å². The van der Waals surface area contributed by atoms with E-state index in [9.17, 15) is 0 Å². The average molecular weight is 787 g/mol. The normalized spacial score (nSPS) is 13.2. The van der Waals surface area contributed by atoms with Crippen LogP contribution in [-0.2, 0) is 11.2 Å². The first-order valence-electron chi connectivity index (χ1n) is 20.1. The number of aromatic nitrogens is 2. The molecule has 0 aliphatic carbocycles. The maximum absolute atomic E-state index is 15.5. The minimum atomic E-state index is -1.57. The van der Waals surface area contributed by atoms with Gasteiger partial charge in [0.25, 0.3) is 0 Å². The molecule has 4 nitrogen and oxygen atoms in total. The van der Waals surface area contributed by atoms with Gasteiger partial charge in [-0.3, -0.25) is 4.57 Å². The molecule has 2 aromatic heterocycles. The molecule has 0 bridgehead atoms. The Bertz CT molecular complexity index is 3460. The Morgan fingerprint density at radius 2 is 0.983 bits per heavy atom. The van der Waals surface area contributed by atoms with Gasteiger partial charge in [0.1, 0.15) is 17.0 Å². The number of imidazole rings is 1. The van der Waals surface area contributed by atoms with Gasteiger partial charge in [-0.05, 0) is 99.1 Å². The van der Waals surface area contributed by atoms with Gasteiger partial charge in [0.2, 0.25) is 0 Å². The number of rotatable bonds is 3. The highest BCUT2D eigenvalue weighted by atomic mass is 32.2. The lowest BCUT2D eigenvalue weighted by Gasteiger charge is -2.19. The lowest BCUT2D eigenvalue weighted by atomic mass is 9.85. The van der Waals surface area contributed by atoms with Crippen molar-refractivity contribution in [1.29, 1.82) is 0 Å².